The van der Waals surface area contributed by atoms with E-state index in [1.807, 2.05) is 0 Å². The number of hydrogen-bond acceptors (Lipinski definition) is 2. The van der Waals surface area contributed by atoms with Crippen molar-refractivity contribution in [3.63, 3.8) is 0 Å². The van der Waals surface area contributed by atoms with Crippen LogP contribution in [0.2, 0.25) is 5.02 Å². The van der Waals surface area contributed by atoms with Gasteiger partial charge in [-0.3, -0.25) is 0 Å². The number of rotatable bonds is 2. The molecule has 0 saturated carbocycles. The van der Waals surface area contributed by atoms with E-state index in [0.717, 1.165) is 0 Å². The highest BCUT2D eigenvalue weighted by Gasteiger charge is 2.06. The predicted octanol–water partition coefficient (Wildman–Crippen LogP) is 1.47. The van der Waals surface area contributed by atoms with Crippen molar-refractivity contribution >= 4 is 11.6 Å². The quantitative estimate of drug-likeness (QED) is 0.740. The van der Waals surface area contributed by atoms with E-state index in [9.17, 15) is 4.39 Å². The van der Waals surface area contributed by atoms with Gasteiger partial charge in [0.25, 0.3) is 0 Å². The maximum Gasteiger partial charge on any atom is 0.125 e. The molecule has 0 aromatic heterocycles. The summed E-state index contributed by atoms with van der Waals surface area (Å²) in [4.78, 5) is 0. The molecule has 0 aliphatic carbocycles. The van der Waals surface area contributed by atoms with E-state index in [0.29, 0.717) is 5.56 Å². The second-order valence-corrected chi connectivity index (χ2v) is 2.93. The van der Waals surface area contributed by atoms with Crippen LogP contribution in [0.3, 0.4) is 0 Å². The van der Waals surface area contributed by atoms with Crippen LogP contribution in [0.15, 0.2) is 18.2 Å². The Kier molecular flexibility index (Phi) is 3.03. The lowest BCUT2D eigenvalue weighted by atomic mass is 10.1. The summed E-state index contributed by atoms with van der Waals surface area (Å²) in [5.74, 6) is -0.443. The second kappa shape index (κ2) is 3.85. The van der Waals surface area contributed by atoms with E-state index in [-0.39, 0.29) is 11.6 Å². The number of halogens is 2. The predicted molar refractivity (Wildman–Crippen MR) is 45.4 cm³/mol. The SMILES string of the molecule is N[C@@H](CO)c1cc(F)cc(Cl)c1. The van der Waals surface area contributed by atoms with Crippen molar-refractivity contribution < 1.29 is 9.50 Å². The van der Waals surface area contributed by atoms with Crippen LogP contribution in [0.5, 0.6) is 0 Å². The Morgan fingerprint density at radius 1 is 1.50 bits per heavy atom. The van der Waals surface area contributed by atoms with Gasteiger partial charge in [0.1, 0.15) is 5.82 Å². The number of benzene rings is 1. The van der Waals surface area contributed by atoms with Crippen LogP contribution in [0.4, 0.5) is 4.39 Å². The number of aliphatic hydroxyl groups excluding tert-OH is 1. The molecule has 0 radical (unpaired) electrons. The van der Waals surface area contributed by atoms with Crippen LogP contribution in [-0.4, -0.2) is 11.7 Å². The molecule has 4 heteroatoms. The average Bonchev–Trinajstić information content (AvgIpc) is 2.01. The Hall–Kier alpha value is -0.640. The van der Waals surface area contributed by atoms with Gasteiger partial charge in [0, 0.05) is 5.02 Å². The van der Waals surface area contributed by atoms with E-state index in [4.69, 9.17) is 22.4 Å². The maximum atomic E-state index is 12.7. The Bertz CT molecular complexity index is 260. The molecule has 66 valence electrons. The normalized spacial score (nSPS) is 13.0. The van der Waals surface area contributed by atoms with Crippen LogP contribution in [0.25, 0.3) is 0 Å². The molecule has 0 amide bonds. The van der Waals surface area contributed by atoms with Gasteiger partial charge < -0.3 is 10.8 Å². The summed E-state index contributed by atoms with van der Waals surface area (Å²) >= 11 is 5.57. The van der Waals surface area contributed by atoms with Gasteiger partial charge in [0.15, 0.2) is 0 Å². The summed E-state index contributed by atoms with van der Waals surface area (Å²) in [7, 11) is 0. The molecule has 1 atom stereocenters. The largest absolute Gasteiger partial charge is 0.394 e. The first-order valence-corrected chi connectivity index (χ1v) is 3.83. The fourth-order valence-corrected chi connectivity index (χ4v) is 1.12. The highest BCUT2D eigenvalue weighted by atomic mass is 35.5. The van der Waals surface area contributed by atoms with Crippen molar-refractivity contribution in [2.45, 2.75) is 6.04 Å². The molecule has 0 aliphatic rings. The third-order valence-corrected chi connectivity index (χ3v) is 1.73. The van der Waals surface area contributed by atoms with E-state index >= 15 is 0 Å². The lowest BCUT2D eigenvalue weighted by Crippen LogP contribution is -2.14. The van der Waals surface area contributed by atoms with Crippen molar-refractivity contribution in [2.75, 3.05) is 6.61 Å². The van der Waals surface area contributed by atoms with Gasteiger partial charge in [0.05, 0.1) is 12.6 Å². The fourth-order valence-electron chi connectivity index (χ4n) is 0.895. The molecule has 0 fully saturated rings. The monoisotopic (exact) mass is 189 g/mol. The number of nitrogens with two attached hydrogens (primary N) is 1. The van der Waals surface area contributed by atoms with Gasteiger partial charge >= 0.3 is 0 Å². The Balaban J connectivity index is 3.00. The van der Waals surface area contributed by atoms with E-state index in [1.54, 1.807) is 0 Å². The standard InChI is InChI=1S/C8H9ClFNO/c9-6-1-5(8(11)4-12)2-7(10)3-6/h1-3,8,12H,4,11H2/t8-/m0/s1. The summed E-state index contributed by atoms with van der Waals surface area (Å²) < 4.78 is 12.7. The summed E-state index contributed by atoms with van der Waals surface area (Å²) in [5, 5.41) is 8.97. The number of aliphatic hydroxyl groups is 1. The molecule has 0 heterocycles. The third-order valence-electron chi connectivity index (χ3n) is 1.51. The topological polar surface area (TPSA) is 46.2 Å². The molecule has 1 aromatic carbocycles. The Morgan fingerprint density at radius 3 is 2.67 bits per heavy atom. The lowest BCUT2D eigenvalue weighted by molar-refractivity contribution is 0.268. The zero-order chi connectivity index (χ0) is 9.14. The molecule has 0 bridgehead atoms. The van der Waals surface area contributed by atoms with Crippen molar-refractivity contribution in [1.29, 1.82) is 0 Å². The molecular formula is C8H9ClFNO. The molecule has 12 heavy (non-hydrogen) atoms. The third kappa shape index (κ3) is 2.17. The van der Waals surface area contributed by atoms with Crippen LogP contribution in [0.1, 0.15) is 11.6 Å². The van der Waals surface area contributed by atoms with Gasteiger partial charge in [0.2, 0.25) is 0 Å². The van der Waals surface area contributed by atoms with Crippen molar-refractivity contribution in [2.24, 2.45) is 5.73 Å². The summed E-state index contributed by atoms with van der Waals surface area (Å²) in [6, 6.07) is 3.41. The highest BCUT2D eigenvalue weighted by Crippen LogP contribution is 2.18. The van der Waals surface area contributed by atoms with Gasteiger partial charge in [-0.25, -0.2) is 4.39 Å². The van der Waals surface area contributed by atoms with E-state index < -0.39 is 11.9 Å². The maximum absolute atomic E-state index is 12.7. The van der Waals surface area contributed by atoms with Crippen LogP contribution in [-0.2, 0) is 0 Å². The average molecular weight is 190 g/mol. The lowest BCUT2D eigenvalue weighted by Gasteiger charge is -2.08. The Morgan fingerprint density at radius 2 is 2.17 bits per heavy atom. The first-order chi connectivity index (χ1) is 5.63. The minimum Gasteiger partial charge on any atom is -0.394 e. The number of hydrogen-bond donors (Lipinski definition) is 2. The molecule has 1 aromatic rings. The molecular weight excluding hydrogens is 181 g/mol. The molecule has 0 spiro atoms. The van der Waals surface area contributed by atoms with E-state index in [1.165, 1.54) is 18.2 Å². The fraction of sp³-hybridized carbons (Fsp3) is 0.250. The van der Waals surface area contributed by atoms with Gasteiger partial charge in [-0.05, 0) is 23.8 Å². The molecule has 0 saturated heterocycles. The molecule has 2 nitrogen and oxygen atoms in total. The molecule has 0 aliphatic heterocycles. The van der Waals surface area contributed by atoms with E-state index in [2.05, 4.69) is 0 Å². The zero-order valence-electron chi connectivity index (χ0n) is 6.30. The Labute approximate surface area is 74.8 Å². The van der Waals surface area contributed by atoms with Crippen molar-refractivity contribution in [3.05, 3.63) is 34.6 Å². The van der Waals surface area contributed by atoms with Gasteiger partial charge in [-0.2, -0.15) is 0 Å². The van der Waals surface area contributed by atoms with Gasteiger partial charge in [-0.1, -0.05) is 11.6 Å². The van der Waals surface area contributed by atoms with Gasteiger partial charge in [-0.15, -0.1) is 0 Å². The van der Waals surface area contributed by atoms with Crippen LogP contribution >= 0.6 is 11.6 Å². The second-order valence-electron chi connectivity index (χ2n) is 2.49. The first-order valence-electron chi connectivity index (χ1n) is 3.46. The van der Waals surface area contributed by atoms with Crippen LogP contribution < -0.4 is 5.73 Å². The van der Waals surface area contributed by atoms with Crippen molar-refractivity contribution in [3.8, 4) is 0 Å². The first kappa shape index (κ1) is 9.45. The minimum atomic E-state index is -0.571. The smallest absolute Gasteiger partial charge is 0.125 e. The molecule has 0 unspecified atom stereocenters. The summed E-state index contributed by atoms with van der Waals surface area (Å²) in [5.41, 5.74) is 5.96. The summed E-state index contributed by atoms with van der Waals surface area (Å²) in [6.07, 6.45) is 0. The molecule has 3 N–H and O–H groups in total. The summed E-state index contributed by atoms with van der Waals surface area (Å²) in [6.45, 7) is -0.222. The van der Waals surface area contributed by atoms with Crippen molar-refractivity contribution in [1.82, 2.24) is 0 Å². The van der Waals surface area contributed by atoms with Crippen LogP contribution in [0, 0.1) is 5.82 Å². The zero-order valence-corrected chi connectivity index (χ0v) is 7.05. The minimum absolute atomic E-state index is 0.222. The highest BCUT2D eigenvalue weighted by molar-refractivity contribution is 6.30. The molecule has 1 rings (SSSR count).